The molecule has 0 atom stereocenters. The molecule has 1 aliphatic heterocycles. The van der Waals surface area contributed by atoms with E-state index in [1.165, 1.54) is 4.31 Å². The number of nitrogens with one attached hydrogen (secondary N) is 1. The molecule has 0 amide bonds. The summed E-state index contributed by atoms with van der Waals surface area (Å²) < 4.78 is 38.6. The SMILES string of the molecule is CCc1ccc(CNC)cc1S(=O)(=O)N1CCS(=O)CC1. The van der Waals surface area contributed by atoms with Gasteiger partial charge in [0, 0.05) is 41.9 Å². The molecule has 118 valence electrons. The molecule has 0 radical (unpaired) electrons. The molecule has 0 aliphatic carbocycles. The Morgan fingerprint density at radius 2 is 1.95 bits per heavy atom. The van der Waals surface area contributed by atoms with Crippen molar-refractivity contribution < 1.29 is 12.6 Å². The second-order valence-corrected chi connectivity index (χ2v) is 8.68. The third-order valence-electron chi connectivity index (χ3n) is 3.65. The lowest BCUT2D eigenvalue weighted by molar-refractivity contribution is 0.438. The molecule has 1 fully saturated rings. The summed E-state index contributed by atoms with van der Waals surface area (Å²) in [6.07, 6.45) is 0.675. The topological polar surface area (TPSA) is 66.5 Å². The van der Waals surface area contributed by atoms with Crippen LogP contribution in [0, 0.1) is 0 Å². The summed E-state index contributed by atoms with van der Waals surface area (Å²) in [5.74, 6) is 0.855. The van der Waals surface area contributed by atoms with Crippen LogP contribution in [0.2, 0.25) is 0 Å². The molecule has 5 nitrogen and oxygen atoms in total. The predicted octanol–water partition coefficient (Wildman–Crippen LogP) is 0.721. The Morgan fingerprint density at radius 1 is 1.29 bits per heavy atom. The van der Waals surface area contributed by atoms with Gasteiger partial charge in [0.05, 0.1) is 4.90 Å². The Morgan fingerprint density at radius 3 is 2.52 bits per heavy atom. The highest BCUT2D eigenvalue weighted by molar-refractivity contribution is 7.89. The number of aryl methyl sites for hydroxylation is 1. The van der Waals surface area contributed by atoms with Gasteiger partial charge in [-0.25, -0.2) is 8.42 Å². The minimum atomic E-state index is -3.50. The van der Waals surface area contributed by atoms with E-state index in [1.807, 2.05) is 26.1 Å². The molecular formula is C14H22N2O3S2. The lowest BCUT2D eigenvalue weighted by atomic mass is 10.1. The summed E-state index contributed by atoms with van der Waals surface area (Å²) in [5, 5.41) is 3.04. The highest BCUT2D eigenvalue weighted by Crippen LogP contribution is 2.23. The van der Waals surface area contributed by atoms with E-state index in [0.717, 1.165) is 11.1 Å². The molecule has 21 heavy (non-hydrogen) atoms. The standard InChI is InChI=1S/C14H22N2O3S2/c1-3-13-5-4-12(11-15-2)10-14(13)21(18,19)16-6-8-20(17)9-7-16/h4-5,10,15H,3,6-9,11H2,1-2H3. The fraction of sp³-hybridized carbons (Fsp3) is 0.571. The van der Waals surface area contributed by atoms with Crippen LogP contribution >= 0.6 is 0 Å². The first-order valence-corrected chi connectivity index (χ1v) is 10.0. The van der Waals surface area contributed by atoms with Gasteiger partial charge in [-0.3, -0.25) is 4.21 Å². The lowest BCUT2D eigenvalue weighted by Gasteiger charge is -2.26. The smallest absolute Gasteiger partial charge is 0.243 e. The van der Waals surface area contributed by atoms with Gasteiger partial charge < -0.3 is 5.32 Å². The van der Waals surface area contributed by atoms with E-state index in [-0.39, 0.29) is 0 Å². The molecule has 1 aromatic carbocycles. The van der Waals surface area contributed by atoms with Crippen LogP contribution in [0.4, 0.5) is 0 Å². The van der Waals surface area contributed by atoms with Crippen molar-refractivity contribution in [1.82, 2.24) is 9.62 Å². The fourth-order valence-corrected chi connectivity index (χ4v) is 5.51. The first-order valence-electron chi connectivity index (χ1n) is 7.10. The minimum absolute atomic E-state index is 0.342. The zero-order valence-corrected chi connectivity index (χ0v) is 14.1. The summed E-state index contributed by atoms with van der Waals surface area (Å²) in [4.78, 5) is 0.394. The monoisotopic (exact) mass is 330 g/mol. The van der Waals surface area contributed by atoms with Gasteiger partial charge in [0.2, 0.25) is 10.0 Å². The fourth-order valence-electron chi connectivity index (χ4n) is 2.45. The molecule has 0 spiro atoms. The zero-order chi connectivity index (χ0) is 15.5. The number of hydrogen-bond donors (Lipinski definition) is 1. The Hall–Kier alpha value is -0.760. The van der Waals surface area contributed by atoms with Crippen molar-refractivity contribution in [3.8, 4) is 0 Å². The van der Waals surface area contributed by atoms with Crippen molar-refractivity contribution in [1.29, 1.82) is 0 Å². The largest absolute Gasteiger partial charge is 0.316 e. The van der Waals surface area contributed by atoms with Gasteiger partial charge in [-0.2, -0.15) is 4.31 Å². The van der Waals surface area contributed by atoms with Crippen molar-refractivity contribution >= 4 is 20.8 Å². The summed E-state index contributed by atoms with van der Waals surface area (Å²) in [6.45, 7) is 3.27. The number of benzene rings is 1. The second kappa shape index (κ2) is 7.00. The Labute approximate surface area is 129 Å². The van der Waals surface area contributed by atoms with Crippen LogP contribution in [0.1, 0.15) is 18.1 Å². The summed E-state index contributed by atoms with van der Waals surface area (Å²) in [7, 11) is -2.55. The van der Waals surface area contributed by atoms with Crippen LogP contribution in [0.3, 0.4) is 0 Å². The van der Waals surface area contributed by atoms with E-state index in [9.17, 15) is 12.6 Å². The first kappa shape index (κ1) is 16.6. The maximum atomic E-state index is 12.8. The van der Waals surface area contributed by atoms with Gasteiger partial charge in [-0.05, 0) is 30.7 Å². The molecule has 1 N–H and O–H groups in total. The van der Waals surface area contributed by atoms with Crippen molar-refractivity contribution in [3.63, 3.8) is 0 Å². The van der Waals surface area contributed by atoms with Gasteiger partial charge in [-0.1, -0.05) is 19.1 Å². The molecule has 0 saturated carbocycles. The van der Waals surface area contributed by atoms with Crippen LogP contribution in [0.5, 0.6) is 0 Å². The average molecular weight is 330 g/mol. The van der Waals surface area contributed by atoms with E-state index >= 15 is 0 Å². The quantitative estimate of drug-likeness (QED) is 0.864. The molecule has 1 saturated heterocycles. The van der Waals surface area contributed by atoms with Gasteiger partial charge >= 0.3 is 0 Å². The number of nitrogens with zero attached hydrogens (tertiary/aromatic N) is 1. The van der Waals surface area contributed by atoms with E-state index in [1.54, 1.807) is 6.07 Å². The second-order valence-electron chi connectivity index (χ2n) is 5.08. The van der Waals surface area contributed by atoms with Crippen LogP contribution in [-0.4, -0.2) is 48.6 Å². The third-order valence-corrected chi connectivity index (χ3v) is 6.90. The van der Waals surface area contributed by atoms with Crippen molar-refractivity contribution in [3.05, 3.63) is 29.3 Å². The van der Waals surface area contributed by atoms with Crippen molar-refractivity contribution in [2.24, 2.45) is 0 Å². The van der Waals surface area contributed by atoms with E-state index in [2.05, 4.69) is 5.32 Å². The maximum Gasteiger partial charge on any atom is 0.243 e. The van der Waals surface area contributed by atoms with Crippen LogP contribution in [0.15, 0.2) is 23.1 Å². The molecule has 1 aliphatic rings. The van der Waals surface area contributed by atoms with E-state index in [0.29, 0.717) is 42.5 Å². The zero-order valence-electron chi connectivity index (χ0n) is 12.5. The molecule has 0 aromatic heterocycles. The number of rotatable bonds is 5. The van der Waals surface area contributed by atoms with Gasteiger partial charge in [0.25, 0.3) is 0 Å². The summed E-state index contributed by atoms with van der Waals surface area (Å²) in [6, 6.07) is 5.61. The highest BCUT2D eigenvalue weighted by Gasteiger charge is 2.29. The average Bonchev–Trinajstić information content (AvgIpc) is 2.48. The highest BCUT2D eigenvalue weighted by atomic mass is 32.2. The van der Waals surface area contributed by atoms with Gasteiger partial charge in [-0.15, -0.1) is 0 Å². The van der Waals surface area contributed by atoms with Crippen LogP contribution in [0.25, 0.3) is 0 Å². The van der Waals surface area contributed by atoms with Gasteiger partial charge in [0.1, 0.15) is 0 Å². The maximum absolute atomic E-state index is 12.8. The van der Waals surface area contributed by atoms with Crippen LogP contribution in [-0.2, 0) is 33.8 Å². The number of hydrogen-bond acceptors (Lipinski definition) is 4. The van der Waals surface area contributed by atoms with Crippen LogP contribution < -0.4 is 5.32 Å². The minimum Gasteiger partial charge on any atom is -0.316 e. The molecule has 7 heteroatoms. The third kappa shape index (κ3) is 3.71. The lowest BCUT2D eigenvalue weighted by Crippen LogP contribution is -2.42. The Balaban J connectivity index is 2.37. The summed E-state index contributed by atoms with van der Waals surface area (Å²) in [5.41, 5.74) is 1.79. The molecule has 0 bridgehead atoms. The normalized spacial score (nSPS) is 18.0. The molecule has 2 rings (SSSR count). The summed E-state index contributed by atoms with van der Waals surface area (Å²) >= 11 is 0. The van der Waals surface area contributed by atoms with Crippen molar-refractivity contribution in [2.45, 2.75) is 24.8 Å². The first-order chi connectivity index (χ1) is 9.98. The van der Waals surface area contributed by atoms with E-state index < -0.39 is 20.8 Å². The molecule has 1 heterocycles. The van der Waals surface area contributed by atoms with Crippen molar-refractivity contribution in [2.75, 3.05) is 31.6 Å². The Kier molecular flexibility index (Phi) is 5.54. The number of sulfonamides is 1. The Bertz CT molecular complexity index is 619. The van der Waals surface area contributed by atoms with E-state index in [4.69, 9.17) is 0 Å². The molecule has 1 aromatic rings. The molecule has 0 unspecified atom stereocenters. The molecular weight excluding hydrogens is 308 g/mol. The van der Waals surface area contributed by atoms with Gasteiger partial charge in [0.15, 0.2) is 0 Å². The predicted molar refractivity (Wildman–Crippen MR) is 85.2 cm³/mol.